The van der Waals surface area contributed by atoms with Crippen LogP contribution in [-0.2, 0) is 0 Å². The van der Waals surface area contributed by atoms with E-state index in [0.29, 0.717) is 6.07 Å². The van der Waals surface area contributed by atoms with Crippen molar-refractivity contribution in [2.24, 2.45) is 0 Å². The standard InChI is InChI=1S/C11H6O10.Na.H/c12-7(13)2-1-3(8(14)15)5(10(18)19)6(11(20)21)4(2)9(16)17;;/h1H,(H,12,13)(H,14,15)(H,16,17)(H,18,19)(H,20,21);;. The third-order valence-electron chi connectivity index (χ3n) is 2.43. The maximum atomic E-state index is 11.1. The van der Waals surface area contributed by atoms with Gasteiger partial charge in [-0.1, -0.05) is 0 Å². The average molecular weight is 322 g/mol. The second-order valence-electron chi connectivity index (χ2n) is 3.62. The number of carboxylic acid groups (broad SMARTS) is 5. The normalized spacial score (nSPS) is 9.45. The minimum atomic E-state index is -2.07. The minimum absolute atomic E-state index is 0. The van der Waals surface area contributed by atoms with E-state index in [4.69, 9.17) is 25.5 Å². The molecule has 5 N–H and O–H groups in total. The molecule has 0 unspecified atom stereocenters. The first-order valence-corrected chi connectivity index (χ1v) is 4.97. The third kappa shape index (κ3) is 3.42. The molecule has 11 heteroatoms. The molecule has 22 heavy (non-hydrogen) atoms. The van der Waals surface area contributed by atoms with E-state index >= 15 is 0 Å². The summed E-state index contributed by atoms with van der Waals surface area (Å²) in [6, 6.07) is 0.296. The van der Waals surface area contributed by atoms with Gasteiger partial charge in [-0.25, -0.2) is 24.0 Å². The molecular formula is C11H7NaO10. The van der Waals surface area contributed by atoms with Crippen molar-refractivity contribution in [1.82, 2.24) is 0 Å². The van der Waals surface area contributed by atoms with Gasteiger partial charge in [0.2, 0.25) is 0 Å². The molecule has 0 saturated heterocycles. The third-order valence-corrected chi connectivity index (χ3v) is 2.43. The maximum absolute atomic E-state index is 11.1. The first-order chi connectivity index (χ1) is 9.59. The van der Waals surface area contributed by atoms with E-state index in [9.17, 15) is 24.0 Å². The summed E-state index contributed by atoms with van der Waals surface area (Å²) >= 11 is 0. The zero-order valence-corrected chi connectivity index (χ0v) is 9.85. The molecule has 0 heterocycles. The Labute approximate surface area is 142 Å². The van der Waals surface area contributed by atoms with E-state index < -0.39 is 57.7 Å². The van der Waals surface area contributed by atoms with Crippen LogP contribution in [0.25, 0.3) is 0 Å². The van der Waals surface area contributed by atoms with Crippen LogP contribution >= 0.6 is 0 Å². The molecule has 112 valence electrons. The average Bonchev–Trinajstić information content (AvgIpc) is 2.34. The topological polar surface area (TPSA) is 186 Å². The number of hydrogen-bond donors (Lipinski definition) is 5. The first kappa shape index (κ1) is 19.6. The second kappa shape index (κ2) is 7.02. The predicted octanol–water partition coefficient (Wildman–Crippen LogP) is -0.471. The number of hydrogen-bond acceptors (Lipinski definition) is 5. The fraction of sp³-hybridized carbons (Fsp3) is 0. The summed E-state index contributed by atoms with van der Waals surface area (Å²) in [5, 5.41) is 44.5. The molecule has 10 nitrogen and oxygen atoms in total. The van der Waals surface area contributed by atoms with Gasteiger partial charge in [0.1, 0.15) is 0 Å². The molecule has 0 spiro atoms. The fourth-order valence-electron chi connectivity index (χ4n) is 1.68. The van der Waals surface area contributed by atoms with Crippen molar-refractivity contribution in [3.8, 4) is 0 Å². The van der Waals surface area contributed by atoms with Crippen molar-refractivity contribution in [2.75, 3.05) is 0 Å². The first-order valence-electron chi connectivity index (χ1n) is 4.97. The van der Waals surface area contributed by atoms with E-state index in [1.54, 1.807) is 0 Å². The van der Waals surface area contributed by atoms with Gasteiger partial charge in [0.25, 0.3) is 0 Å². The van der Waals surface area contributed by atoms with Crippen LogP contribution < -0.4 is 0 Å². The van der Waals surface area contributed by atoms with E-state index in [0.717, 1.165) is 0 Å². The van der Waals surface area contributed by atoms with Gasteiger partial charge in [-0.05, 0) is 6.07 Å². The molecular weight excluding hydrogens is 315 g/mol. The predicted molar refractivity (Wildman–Crippen MR) is 68.4 cm³/mol. The van der Waals surface area contributed by atoms with Crippen LogP contribution in [0.15, 0.2) is 6.07 Å². The van der Waals surface area contributed by atoms with Gasteiger partial charge in [-0.2, -0.15) is 0 Å². The van der Waals surface area contributed by atoms with Crippen LogP contribution in [0.4, 0.5) is 0 Å². The van der Waals surface area contributed by atoms with E-state index in [1.807, 2.05) is 0 Å². The summed E-state index contributed by atoms with van der Waals surface area (Å²) in [7, 11) is 0. The molecule has 1 aromatic rings. The molecule has 0 bridgehead atoms. The Bertz CT molecular complexity index is 655. The molecule has 0 aliphatic rings. The Kier molecular flexibility index (Phi) is 6.25. The SMILES string of the molecule is O=C(O)c1cc(C(=O)O)c(C(=O)O)c(C(=O)O)c1C(=O)O.[NaH]. The monoisotopic (exact) mass is 322 g/mol. The summed E-state index contributed by atoms with van der Waals surface area (Å²) in [6.07, 6.45) is 0. The molecule has 0 aliphatic heterocycles. The zero-order chi connectivity index (χ0) is 16.5. The van der Waals surface area contributed by atoms with Crippen molar-refractivity contribution < 1.29 is 49.5 Å². The summed E-state index contributed by atoms with van der Waals surface area (Å²) in [5.41, 5.74) is -6.30. The van der Waals surface area contributed by atoms with Gasteiger partial charge in [-0.15, -0.1) is 0 Å². The van der Waals surface area contributed by atoms with Gasteiger partial charge < -0.3 is 25.5 Å². The molecule has 0 aromatic heterocycles. The van der Waals surface area contributed by atoms with Crippen LogP contribution in [0, 0.1) is 0 Å². The van der Waals surface area contributed by atoms with Gasteiger partial charge in [-0.3, -0.25) is 0 Å². The zero-order valence-electron chi connectivity index (χ0n) is 9.85. The number of aromatic carboxylic acids is 5. The molecule has 0 aliphatic carbocycles. The molecule has 1 rings (SSSR count). The Hall–Kier alpha value is -2.43. The van der Waals surface area contributed by atoms with Gasteiger partial charge in [0.15, 0.2) is 0 Å². The quantitative estimate of drug-likeness (QED) is 0.443. The molecule has 0 fully saturated rings. The molecule has 1 aromatic carbocycles. The second-order valence-corrected chi connectivity index (χ2v) is 3.62. The van der Waals surface area contributed by atoms with Crippen molar-refractivity contribution in [3.63, 3.8) is 0 Å². The summed E-state index contributed by atoms with van der Waals surface area (Å²) < 4.78 is 0. The van der Waals surface area contributed by atoms with Gasteiger partial charge in [0.05, 0.1) is 27.8 Å². The van der Waals surface area contributed by atoms with Crippen molar-refractivity contribution >= 4 is 59.4 Å². The van der Waals surface area contributed by atoms with Gasteiger partial charge >= 0.3 is 59.4 Å². The Morgan fingerprint density at radius 3 is 1.00 bits per heavy atom. The fourth-order valence-corrected chi connectivity index (χ4v) is 1.68. The van der Waals surface area contributed by atoms with Crippen LogP contribution in [0.3, 0.4) is 0 Å². The van der Waals surface area contributed by atoms with Crippen molar-refractivity contribution in [1.29, 1.82) is 0 Å². The van der Waals surface area contributed by atoms with Gasteiger partial charge in [0, 0.05) is 0 Å². The summed E-state index contributed by atoms with van der Waals surface area (Å²) in [5.74, 6) is -9.91. The van der Waals surface area contributed by atoms with E-state index in [-0.39, 0.29) is 29.6 Å². The Morgan fingerprint density at radius 1 is 0.545 bits per heavy atom. The summed E-state index contributed by atoms with van der Waals surface area (Å²) in [4.78, 5) is 55.1. The number of benzene rings is 1. The van der Waals surface area contributed by atoms with Crippen molar-refractivity contribution in [2.45, 2.75) is 0 Å². The number of rotatable bonds is 5. The number of carbonyl (C=O) groups is 5. The van der Waals surface area contributed by atoms with Crippen LogP contribution in [-0.4, -0.2) is 84.9 Å². The van der Waals surface area contributed by atoms with Crippen LogP contribution in [0.1, 0.15) is 51.8 Å². The molecule has 0 atom stereocenters. The molecule has 0 radical (unpaired) electrons. The van der Waals surface area contributed by atoms with E-state index in [1.165, 1.54) is 0 Å². The van der Waals surface area contributed by atoms with Crippen LogP contribution in [0.5, 0.6) is 0 Å². The molecule has 0 saturated carbocycles. The number of carboxylic acids is 5. The Balaban J connectivity index is 0.00000441. The van der Waals surface area contributed by atoms with E-state index in [2.05, 4.69) is 0 Å². The van der Waals surface area contributed by atoms with Crippen molar-refractivity contribution in [3.05, 3.63) is 33.9 Å². The summed E-state index contributed by atoms with van der Waals surface area (Å²) in [6.45, 7) is 0. The molecule has 0 amide bonds. The van der Waals surface area contributed by atoms with Crippen LogP contribution in [0.2, 0.25) is 0 Å². The Morgan fingerprint density at radius 2 is 0.818 bits per heavy atom.